The van der Waals surface area contributed by atoms with Crippen LogP contribution in [0.1, 0.15) is 30.4 Å². The minimum Gasteiger partial charge on any atom is -0.496 e. The van der Waals surface area contributed by atoms with Gasteiger partial charge in [0.05, 0.1) is 13.7 Å². The highest BCUT2D eigenvalue weighted by Gasteiger charge is 2.40. The molecule has 0 radical (unpaired) electrons. The molecular weight excluding hydrogens is 330 g/mol. The molecule has 2 aliphatic heterocycles. The lowest BCUT2D eigenvalue weighted by molar-refractivity contribution is -0.121. The molecule has 2 fully saturated rings. The molecule has 0 unspecified atom stereocenters. The van der Waals surface area contributed by atoms with Gasteiger partial charge in [-0.25, -0.2) is 0 Å². The number of likely N-dealkylation sites (N-methyl/N-ethyl adjacent to an activating group) is 1. The van der Waals surface area contributed by atoms with Crippen LogP contribution in [-0.2, 0) is 22.7 Å². The molecule has 1 spiro atoms. The summed E-state index contributed by atoms with van der Waals surface area (Å²) in [5.41, 5.74) is 2.46. The molecule has 2 saturated heterocycles. The Bertz CT molecular complexity index is 637. The van der Waals surface area contributed by atoms with Crippen LogP contribution in [0, 0.1) is 0 Å². The van der Waals surface area contributed by atoms with Crippen LogP contribution in [0.5, 0.6) is 5.75 Å². The van der Waals surface area contributed by atoms with Crippen molar-refractivity contribution in [3.8, 4) is 5.75 Å². The first-order valence-corrected chi connectivity index (χ1v) is 9.41. The molecule has 6 heteroatoms. The van der Waals surface area contributed by atoms with E-state index in [1.807, 2.05) is 6.07 Å². The smallest absolute Gasteiger partial charge is 0.220 e. The molecule has 1 aromatic carbocycles. The standard InChI is InChI=1S/C20H31N3O3/c1-22-10-11-23(15-20(22)7-6-19(24)21-9-8-20)13-16-4-5-18(26-3)17(12-16)14-25-2/h4-5,12H,6-11,13-15H2,1-3H3,(H,21,24)/t20-/m0/s1. The van der Waals surface area contributed by atoms with Gasteiger partial charge in [0, 0.05) is 57.4 Å². The summed E-state index contributed by atoms with van der Waals surface area (Å²) >= 11 is 0. The van der Waals surface area contributed by atoms with E-state index in [9.17, 15) is 4.79 Å². The molecule has 0 bridgehead atoms. The van der Waals surface area contributed by atoms with Gasteiger partial charge in [-0.1, -0.05) is 6.07 Å². The maximum absolute atomic E-state index is 11.8. The molecule has 3 rings (SSSR count). The largest absolute Gasteiger partial charge is 0.496 e. The number of benzene rings is 1. The van der Waals surface area contributed by atoms with Crippen LogP contribution in [0.4, 0.5) is 0 Å². The summed E-state index contributed by atoms with van der Waals surface area (Å²) < 4.78 is 10.7. The number of methoxy groups -OCH3 is 2. The second kappa shape index (κ2) is 8.37. The Labute approximate surface area is 156 Å². The van der Waals surface area contributed by atoms with Crippen molar-refractivity contribution in [2.75, 3.05) is 47.4 Å². The highest BCUT2D eigenvalue weighted by atomic mass is 16.5. The van der Waals surface area contributed by atoms with Crippen molar-refractivity contribution in [1.29, 1.82) is 0 Å². The Morgan fingerprint density at radius 3 is 2.85 bits per heavy atom. The second-order valence-electron chi connectivity index (χ2n) is 7.54. The lowest BCUT2D eigenvalue weighted by atomic mass is 9.86. The van der Waals surface area contributed by atoms with Gasteiger partial charge < -0.3 is 14.8 Å². The van der Waals surface area contributed by atoms with Crippen LogP contribution in [0.15, 0.2) is 18.2 Å². The Hall–Kier alpha value is -1.63. The number of piperazine rings is 1. The van der Waals surface area contributed by atoms with Gasteiger partial charge in [0.15, 0.2) is 0 Å². The normalized spacial score (nSPS) is 25.1. The summed E-state index contributed by atoms with van der Waals surface area (Å²) in [5.74, 6) is 1.06. The van der Waals surface area contributed by atoms with E-state index >= 15 is 0 Å². The number of ether oxygens (including phenoxy) is 2. The summed E-state index contributed by atoms with van der Waals surface area (Å²) in [6.07, 6.45) is 2.57. The van der Waals surface area contributed by atoms with Gasteiger partial charge in [-0.15, -0.1) is 0 Å². The minimum absolute atomic E-state index is 0.0965. The third kappa shape index (κ3) is 4.19. The number of rotatable bonds is 5. The molecule has 6 nitrogen and oxygen atoms in total. The van der Waals surface area contributed by atoms with Crippen LogP contribution in [0.25, 0.3) is 0 Å². The highest BCUT2D eigenvalue weighted by Crippen LogP contribution is 2.31. The Morgan fingerprint density at radius 2 is 2.08 bits per heavy atom. The highest BCUT2D eigenvalue weighted by molar-refractivity contribution is 5.76. The quantitative estimate of drug-likeness (QED) is 0.864. The predicted molar refractivity (Wildman–Crippen MR) is 101 cm³/mol. The van der Waals surface area contributed by atoms with Crippen LogP contribution >= 0.6 is 0 Å². The predicted octanol–water partition coefficient (Wildman–Crippen LogP) is 1.63. The molecule has 0 aliphatic carbocycles. The molecular formula is C20H31N3O3. The van der Waals surface area contributed by atoms with Crippen molar-refractivity contribution in [3.63, 3.8) is 0 Å². The first kappa shape index (κ1) is 19.1. The molecule has 1 N–H and O–H groups in total. The number of amides is 1. The zero-order valence-corrected chi connectivity index (χ0v) is 16.2. The topological polar surface area (TPSA) is 54.0 Å². The summed E-state index contributed by atoms with van der Waals surface area (Å²) in [6.45, 7) is 5.33. The first-order chi connectivity index (χ1) is 12.6. The van der Waals surface area contributed by atoms with E-state index in [0.717, 1.165) is 56.9 Å². The zero-order valence-electron chi connectivity index (χ0n) is 16.2. The molecule has 144 valence electrons. The fraction of sp³-hybridized carbons (Fsp3) is 0.650. The van der Waals surface area contributed by atoms with E-state index in [1.165, 1.54) is 5.56 Å². The maximum atomic E-state index is 11.8. The summed E-state index contributed by atoms with van der Waals surface area (Å²) in [7, 11) is 5.61. The summed E-state index contributed by atoms with van der Waals surface area (Å²) in [6, 6.07) is 6.36. The maximum Gasteiger partial charge on any atom is 0.220 e. The van der Waals surface area contributed by atoms with E-state index in [4.69, 9.17) is 9.47 Å². The zero-order chi connectivity index (χ0) is 18.6. The van der Waals surface area contributed by atoms with Crippen LogP contribution in [0.3, 0.4) is 0 Å². The number of hydrogen-bond donors (Lipinski definition) is 1. The first-order valence-electron chi connectivity index (χ1n) is 9.41. The van der Waals surface area contributed by atoms with Crippen molar-refractivity contribution >= 4 is 5.91 Å². The molecule has 1 atom stereocenters. The number of nitrogens with one attached hydrogen (secondary N) is 1. The minimum atomic E-state index is 0.0965. The van der Waals surface area contributed by atoms with E-state index in [1.54, 1.807) is 14.2 Å². The van der Waals surface area contributed by atoms with Crippen molar-refractivity contribution in [1.82, 2.24) is 15.1 Å². The second-order valence-corrected chi connectivity index (χ2v) is 7.54. The van der Waals surface area contributed by atoms with E-state index in [0.29, 0.717) is 13.0 Å². The van der Waals surface area contributed by atoms with Gasteiger partial charge in [-0.3, -0.25) is 14.6 Å². The van der Waals surface area contributed by atoms with Gasteiger partial charge >= 0.3 is 0 Å². The van der Waals surface area contributed by atoms with Crippen LogP contribution < -0.4 is 10.1 Å². The van der Waals surface area contributed by atoms with Crippen molar-refractivity contribution in [3.05, 3.63) is 29.3 Å². The van der Waals surface area contributed by atoms with E-state index in [-0.39, 0.29) is 11.4 Å². The lowest BCUT2D eigenvalue weighted by Crippen LogP contribution is -2.60. The fourth-order valence-corrected chi connectivity index (χ4v) is 4.27. The van der Waals surface area contributed by atoms with Crippen LogP contribution in [-0.4, -0.2) is 68.7 Å². The molecule has 26 heavy (non-hydrogen) atoms. The average molecular weight is 361 g/mol. The van der Waals surface area contributed by atoms with Crippen molar-refractivity contribution in [2.24, 2.45) is 0 Å². The Kier molecular flexibility index (Phi) is 6.16. The molecule has 1 amide bonds. The fourth-order valence-electron chi connectivity index (χ4n) is 4.27. The molecule has 0 aromatic heterocycles. The van der Waals surface area contributed by atoms with Crippen molar-refractivity contribution < 1.29 is 14.3 Å². The Balaban J connectivity index is 1.72. The lowest BCUT2D eigenvalue weighted by Gasteiger charge is -2.49. The van der Waals surface area contributed by atoms with Gasteiger partial charge in [0.2, 0.25) is 5.91 Å². The molecule has 2 aliphatic rings. The number of nitrogens with zero attached hydrogens (tertiary/aromatic N) is 2. The Morgan fingerprint density at radius 1 is 1.23 bits per heavy atom. The number of carbonyl (C=O) groups excluding carboxylic acids is 1. The summed E-state index contributed by atoms with van der Waals surface area (Å²) in [4.78, 5) is 16.8. The van der Waals surface area contributed by atoms with Gasteiger partial charge in [0.1, 0.15) is 5.75 Å². The molecule has 0 saturated carbocycles. The van der Waals surface area contributed by atoms with Gasteiger partial charge in [-0.2, -0.15) is 0 Å². The average Bonchev–Trinajstić information content (AvgIpc) is 2.81. The van der Waals surface area contributed by atoms with E-state index in [2.05, 4.69) is 34.3 Å². The monoisotopic (exact) mass is 361 g/mol. The van der Waals surface area contributed by atoms with Gasteiger partial charge in [-0.05, 0) is 37.6 Å². The molecule has 2 heterocycles. The van der Waals surface area contributed by atoms with E-state index < -0.39 is 0 Å². The van der Waals surface area contributed by atoms with Gasteiger partial charge in [0.25, 0.3) is 0 Å². The number of carbonyl (C=O) groups is 1. The third-order valence-corrected chi connectivity index (χ3v) is 5.86. The SMILES string of the molecule is COCc1cc(CN2CCN(C)[C@@]3(CCNC(=O)CC3)C2)ccc1OC. The van der Waals surface area contributed by atoms with Crippen LogP contribution in [0.2, 0.25) is 0 Å². The number of hydrogen-bond acceptors (Lipinski definition) is 5. The summed E-state index contributed by atoms with van der Waals surface area (Å²) in [5, 5.41) is 3.02. The third-order valence-electron chi connectivity index (χ3n) is 5.86. The van der Waals surface area contributed by atoms with Crippen molar-refractivity contribution in [2.45, 2.75) is 38.0 Å². The molecule has 1 aromatic rings.